The van der Waals surface area contributed by atoms with Gasteiger partial charge in [-0.25, -0.2) is 9.13 Å². The molecule has 0 aromatic heterocycles. The van der Waals surface area contributed by atoms with Gasteiger partial charge in [0.25, 0.3) is 0 Å². The van der Waals surface area contributed by atoms with Gasteiger partial charge in [0.1, 0.15) is 12.7 Å². The number of rotatable bonds is 41. The van der Waals surface area contributed by atoms with Crippen LogP contribution in [-0.2, 0) is 41.8 Å². The Balaban J connectivity index is 2.52. The van der Waals surface area contributed by atoms with Gasteiger partial charge in [0.2, 0.25) is 0 Å². The van der Waals surface area contributed by atoms with E-state index in [0.29, 0.717) is 32.1 Å². The average Bonchev–Trinajstić information content (AvgIpc) is 3.50. The van der Waals surface area contributed by atoms with Crippen molar-refractivity contribution in [1.82, 2.24) is 0 Å². The number of aliphatic hydroxyl groups is 4. The first-order valence-electron chi connectivity index (χ1n) is 24.1. The van der Waals surface area contributed by atoms with Crippen molar-refractivity contribution in [2.75, 3.05) is 26.4 Å². The van der Waals surface area contributed by atoms with Crippen molar-refractivity contribution < 1.29 is 76.9 Å². The van der Waals surface area contributed by atoms with Gasteiger partial charge in [-0.1, -0.05) is 154 Å². The minimum atomic E-state index is -4.90. The molecule has 18 heteroatoms. The molecule has 0 aromatic carbocycles. The Morgan fingerprint density at radius 3 is 1.80 bits per heavy atom. The highest BCUT2D eigenvalue weighted by molar-refractivity contribution is 7.47. The largest absolute Gasteiger partial charge is 0.472 e. The molecule has 1 rings (SSSR count). The lowest BCUT2D eigenvalue weighted by Crippen LogP contribution is -2.29. The second-order valence-electron chi connectivity index (χ2n) is 17.8. The van der Waals surface area contributed by atoms with Gasteiger partial charge in [0, 0.05) is 25.2 Å². The lowest BCUT2D eigenvalue weighted by atomic mass is 9.89. The first-order chi connectivity index (χ1) is 30.4. The SMILES string of the molecule is CCCCC[C@H](O)/C=C/[C@@H]1[C@@H](C/C=C/CCCC(=O)O[C@H](COC(=O)CCCCCCCCCCCCCCCCC(C)C)COP(=O)(O)OC[C@@H](O)COP(=O)(O)O)[C@@H](O)C[C@H]1O. The van der Waals surface area contributed by atoms with Crippen LogP contribution in [0.25, 0.3) is 0 Å². The topological polar surface area (TPSA) is 256 Å². The predicted octanol–water partition coefficient (Wildman–Crippen LogP) is 8.91. The van der Waals surface area contributed by atoms with Crippen LogP contribution in [0.1, 0.15) is 181 Å². The van der Waals surface area contributed by atoms with Gasteiger partial charge in [-0.15, -0.1) is 0 Å². The van der Waals surface area contributed by atoms with Crippen LogP contribution in [-0.4, -0.2) is 104 Å². The maximum atomic E-state index is 12.8. The standard InChI is InChI=1S/C46H86O16P2/c1-4-5-20-26-38(47)30-31-42-41(43(49)32-44(42)50)27-22-18-19-24-29-46(52)62-40(36-61-64(56,57)60-34-39(48)33-59-63(53,54)55)35-58-45(51)28-23-17-15-13-11-9-7-6-8-10-12-14-16-21-25-37(2)3/h18,22,30-31,37-44,47-50H,4-17,19-21,23-29,32-36H2,1-3H3,(H,56,57)(H2,53,54,55)/b22-18+,31-30+/t38-,39-,40+,41+,42+,43-,44+/m0/s1. The number of carbonyl (C=O) groups excluding carboxylic acids is 2. The van der Waals surface area contributed by atoms with Crippen molar-refractivity contribution in [3.05, 3.63) is 24.3 Å². The number of unbranched alkanes of at least 4 members (excludes halogenated alkanes) is 16. The summed E-state index contributed by atoms with van der Waals surface area (Å²) in [5.74, 6) is -0.930. The number of hydrogen-bond donors (Lipinski definition) is 7. The van der Waals surface area contributed by atoms with Gasteiger partial charge >= 0.3 is 27.6 Å². The van der Waals surface area contributed by atoms with Crippen LogP contribution in [0.2, 0.25) is 0 Å². The second kappa shape index (κ2) is 36.5. The fourth-order valence-electron chi connectivity index (χ4n) is 7.59. The molecule has 1 unspecified atom stereocenters. The second-order valence-corrected chi connectivity index (χ2v) is 20.5. The van der Waals surface area contributed by atoms with Crippen molar-refractivity contribution in [1.29, 1.82) is 0 Å². The molecule has 8 atom stereocenters. The lowest BCUT2D eigenvalue weighted by molar-refractivity contribution is -0.161. The van der Waals surface area contributed by atoms with Gasteiger partial charge in [-0.05, 0) is 43.9 Å². The predicted molar refractivity (Wildman–Crippen MR) is 246 cm³/mol. The average molecular weight is 957 g/mol. The Morgan fingerprint density at radius 2 is 1.20 bits per heavy atom. The molecule has 0 aromatic rings. The van der Waals surface area contributed by atoms with E-state index in [9.17, 15) is 44.0 Å². The van der Waals surface area contributed by atoms with E-state index in [1.54, 1.807) is 12.2 Å². The third-order valence-electron chi connectivity index (χ3n) is 11.3. The van der Waals surface area contributed by atoms with Crippen LogP contribution in [0.5, 0.6) is 0 Å². The summed E-state index contributed by atoms with van der Waals surface area (Å²) in [4.78, 5) is 53.0. The fraction of sp³-hybridized carbons (Fsp3) is 0.870. The van der Waals surface area contributed by atoms with E-state index in [2.05, 4.69) is 29.8 Å². The zero-order valence-electron chi connectivity index (χ0n) is 39.1. The summed E-state index contributed by atoms with van der Waals surface area (Å²) in [6.45, 7) is 3.73. The smallest absolute Gasteiger partial charge is 0.462 e. The van der Waals surface area contributed by atoms with Crippen LogP contribution >= 0.6 is 15.6 Å². The number of carbonyl (C=O) groups is 2. The third-order valence-corrected chi connectivity index (χ3v) is 12.8. The molecule has 0 bridgehead atoms. The van der Waals surface area contributed by atoms with E-state index < -0.39 is 84.5 Å². The summed E-state index contributed by atoms with van der Waals surface area (Å²) in [6.07, 6.45) is 25.5. The quantitative estimate of drug-likeness (QED) is 0.0131. The molecule has 0 radical (unpaired) electrons. The highest BCUT2D eigenvalue weighted by Gasteiger charge is 2.39. The van der Waals surface area contributed by atoms with Crippen molar-refractivity contribution in [3.63, 3.8) is 0 Å². The first-order valence-corrected chi connectivity index (χ1v) is 27.2. The lowest BCUT2D eigenvalue weighted by Gasteiger charge is -2.20. The minimum Gasteiger partial charge on any atom is -0.462 e. The number of ether oxygens (including phenoxy) is 2. The Labute approximate surface area is 383 Å². The third kappa shape index (κ3) is 33.9. The van der Waals surface area contributed by atoms with Crippen molar-refractivity contribution in [3.8, 4) is 0 Å². The fourth-order valence-corrected chi connectivity index (χ4v) is 8.74. The molecular formula is C46H86O16P2. The Kier molecular flexibility index (Phi) is 34.5. The van der Waals surface area contributed by atoms with Crippen LogP contribution in [0.3, 0.4) is 0 Å². The summed E-state index contributed by atoms with van der Waals surface area (Å²) >= 11 is 0. The first kappa shape index (κ1) is 60.5. The molecular weight excluding hydrogens is 870 g/mol. The highest BCUT2D eigenvalue weighted by atomic mass is 31.2. The number of phosphoric acid groups is 2. The van der Waals surface area contributed by atoms with E-state index in [0.717, 1.165) is 44.4 Å². The Morgan fingerprint density at radius 1 is 0.656 bits per heavy atom. The minimum absolute atomic E-state index is 0.0431. The number of esters is 2. The van der Waals surface area contributed by atoms with E-state index in [1.165, 1.54) is 70.6 Å². The molecule has 0 aliphatic heterocycles. The van der Waals surface area contributed by atoms with E-state index in [-0.39, 0.29) is 31.1 Å². The molecule has 0 saturated heterocycles. The summed E-state index contributed by atoms with van der Waals surface area (Å²) in [5.41, 5.74) is 0. The molecule has 376 valence electrons. The summed E-state index contributed by atoms with van der Waals surface area (Å²) in [7, 11) is -9.77. The zero-order valence-corrected chi connectivity index (χ0v) is 40.9. The number of hydrogen-bond acceptors (Lipinski definition) is 13. The van der Waals surface area contributed by atoms with E-state index in [1.807, 2.05) is 12.2 Å². The van der Waals surface area contributed by atoms with E-state index in [4.69, 9.17) is 23.8 Å². The molecule has 1 aliphatic rings. The van der Waals surface area contributed by atoms with Crippen LogP contribution < -0.4 is 0 Å². The Hall–Kier alpha value is -1.52. The number of aliphatic hydroxyl groups excluding tert-OH is 4. The van der Waals surface area contributed by atoms with Crippen LogP contribution in [0.4, 0.5) is 0 Å². The van der Waals surface area contributed by atoms with Crippen molar-refractivity contribution in [2.24, 2.45) is 17.8 Å². The highest BCUT2D eigenvalue weighted by Crippen LogP contribution is 2.44. The summed E-state index contributed by atoms with van der Waals surface area (Å²) in [5, 5.41) is 41.2. The maximum absolute atomic E-state index is 12.8. The van der Waals surface area contributed by atoms with Gasteiger partial charge in [-0.3, -0.25) is 23.2 Å². The molecule has 64 heavy (non-hydrogen) atoms. The number of allylic oxidation sites excluding steroid dienone is 2. The molecule has 16 nitrogen and oxygen atoms in total. The molecule has 7 N–H and O–H groups in total. The van der Waals surface area contributed by atoms with Gasteiger partial charge in [-0.2, -0.15) is 0 Å². The molecule has 1 saturated carbocycles. The zero-order chi connectivity index (χ0) is 47.6. The van der Waals surface area contributed by atoms with Gasteiger partial charge in [0.15, 0.2) is 6.10 Å². The summed E-state index contributed by atoms with van der Waals surface area (Å²) < 4.78 is 47.9. The van der Waals surface area contributed by atoms with Crippen molar-refractivity contribution >= 4 is 27.6 Å². The van der Waals surface area contributed by atoms with Crippen LogP contribution in [0, 0.1) is 17.8 Å². The Bertz CT molecular complexity index is 1360. The molecule has 0 amide bonds. The monoisotopic (exact) mass is 957 g/mol. The molecule has 0 heterocycles. The van der Waals surface area contributed by atoms with Crippen LogP contribution in [0.15, 0.2) is 24.3 Å². The molecule has 0 spiro atoms. The van der Waals surface area contributed by atoms with Gasteiger partial charge < -0.3 is 44.6 Å². The maximum Gasteiger partial charge on any atom is 0.472 e. The summed E-state index contributed by atoms with van der Waals surface area (Å²) in [6, 6.07) is 0. The van der Waals surface area contributed by atoms with Gasteiger partial charge in [0.05, 0.1) is 38.1 Å². The number of phosphoric ester groups is 2. The van der Waals surface area contributed by atoms with Crippen molar-refractivity contribution in [2.45, 2.75) is 212 Å². The van der Waals surface area contributed by atoms with E-state index >= 15 is 0 Å². The normalized spacial score (nSPS) is 20.5. The molecule has 1 aliphatic carbocycles. The molecule has 1 fully saturated rings.